The fraction of sp³-hybridized carbons (Fsp3) is 0.273. The van der Waals surface area contributed by atoms with Gasteiger partial charge in [-0.05, 0) is 18.6 Å². The van der Waals surface area contributed by atoms with Gasteiger partial charge in [0, 0.05) is 21.8 Å². The molecule has 0 unspecified atom stereocenters. The molecule has 1 aromatic carbocycles. The van der Waals surface area contributed by atoms with E-state index in [1.165, 1.54) is 0 Å². The van der Waals surface area contributed by atoms with Crippen LogP contribution in [0.5, 0.6) is 0 Å². The van der Waals surface area contributed by atoms with Gasteiger partial charge in [0.2, 0.25) is 5.91 Å². The maximum absolute atomic E-state index is 11.2. The van der Waals surface area contributed by atoms with Crippen molar-refractivity contribution in [1.29, 1.82) is 0 Å². The van der Waals surface area contributed by atoms with E-state index < -0.39 is 5.91 Å². The van der Waals surface area contributed by atoms with Crippen molar-refractivity contribution in [1.82, 2.24) is 0 Å². The zero-order valence-electron chi connectivity index (χ0n) is 8.94. The molecular formula is C11H13BrN2O2. The number of oxime groups is 1. The third kappa shape index (κ3) is 3.34. The summed E-state index contributed by atoms with van der Waals surface area (Å²) in [7, 11) is 0. The number of hydrogen-bond donors (Lipinski definition) is 1. The van der Waals surface area contributed by atoms with Crippen LogP contribution in [-0.2, 0) is 11.4 Å². The lowest BCUT2D eigenvalue weighted by Crippen LogP contribution is -2.14. The number of hydrogen-bond acceptors (Lipinski definition) is 3. The lowest BCUT2D eigenvalue weighted by Gasteiger charge is -2.07. The molecule has 0 spiro atoms. The lowest BCUT2D eigenvalue weighted by molar-refractivity contribution is 0.0988. The Labute approximate surface area is 103 Å². The van der Waals surface area contributed by atoms with Crippen molar-refractivity contribution in [3.05, 3.63) is 33.8 Å². The number of nitrogens with zero attached hydrogens (tertiary/aromatic N) is 1. The van der Waals surface area contributed by atoms with Crippen LogP contribution in [0.1, 0.15) is 29.3 Å². The van der Waals surface area contributed by atoms with E-state index >= 15 is 0 Å². The molecule has 86 valence electrons. The zero-order valence-corrected chi connectivity index (χ0v) is 10.5. The SMILES string of the molecule is CCC=NOCc1c(Br)cccc1C(N)=O. The summed E-state index contributed by atoms with van der Waals surface area (Å²) in [6.07, 6.45) is 2.46. The molecule has 0 saturated heterocycles. The number of rotatable bonds is 5. The van der Waals surface area contributed by atoms with E-state index in [0.29, 0.717) is 11.1 Å². The number of halogens is 1. The van der Waals surface area contributed by atoms with Gasteiger partial charge in [0.1, 0.15) is 6.61 Å². The standard InChI is InChI=1S/C11H13BrN2O2/c1-2-6-14-16-7-9-8(11(13)15)4-3-5-10(9)12/h3-6H,2,7H2,1H3,(H2,13,15). The maximum atomic E-state index is 11.2. The van der Waals surface area contributed by atoms with Crippen LogP contribution >= 0.6 is 15.9 Å². The minimum atomic E-state index is -0.473. The predicted octanol–water partition coefficient (Wildman–Crippen LogP) is 2.46. The highest BCUT2D eigenvalue weighted by Crippen LogP contribution is 2.21. The van der Waals surface area contributed by atoms with Crippen LogP contribution in [-0.4, -0.2) is 12.1 Å². The van der Waals surface area contributed by atoms with Gasteiger partial charge in [-0.25, -0.2) is 0 Å². The van der Waals surface area contributed by atoms with Crippen LogP contribution in [0.25, 0.3) is 0 Å². The molecule has 0 aliphatic carbocycles. The fourth-order valence-electron chi connectivity index (χ4n) is 1.17. The summed E-state index contributed by atoms with van der Waals surface area (Å²) in [6, 6.07) is 5.24. The highest BCUT2D eigenvalue weighted by atomic mass is 79.9. The second-order valence-corrected chi connectivity index (χ2v) is 3.95. The van der Waals surface area contributed by atoms with Crippen LogP contribution in [0.4, 0.5) is 0 Å². The quantitative estimate of drug-likeness (QED) is 0.667. The smallest absolute Gasteiger partial charge is 0.249 e. The second kappa shape index (κ2) is 6.27. The maximum Gasteiger partial charge on any atom is 0.249 e. The van der Waals surface area contributed by atoms with E-state index in [0.717, 1.165) is 10.9 Å². The molecular weight excluding hydrogens is 272 g/mol. The van der Waals surface area contributed by atoms with Crippen molar-refractivity contribution in [2.75, 3.05) is 0 Å². The monoisotopic (exact) mass is 284 g/mol. The summed E-state index contributed by atoms with van der Waals surface area (Å²) in [5.41, 5.74) is 6.42. The Morgan fingerprint density at radius 1 is 1.62 bits per heavy atom. The Bertz CT molecular complexity index is 405. The minimum Gasteiger partial charge on any atom is -0.391 e. The van der Waals surface area contributed by atoms with Gasteiger partial charge >= 0.3 is 0 Å². The van der Waals surface area contributed by atoms with Gasteiger partial charge in [-0.1, -0.05) is 34.1 Å². The largest absolute Gasteiger partial charge is 0.391 e. The molecule has 1 aromatic rings. The summed E-state index contributed by atoms with van der Waals surface area (Å²) in [6.45, 7) is 2.18. The van der Waals surface area contributed by atoms with Gasteiger partial charge in [0.25, 0.3) is 0 Å². The average molecular weight is 285 g/mol. The van der Waals surface area contributed by atoms with Crippen molar-refractivity contribution in [2.24, 2.45) is 10.9 Å². The summed E-state index contributed by atoms with van der Waals surface area (Å²) in [5, 5.41) is 3.73. The highest BCUT2D eigenvalue weighted by Gasteiger charge is 2.11. The highest BCUT2D eigenvalue weighted by molar-refractivity contribution is 9.10. The van der Waals surface area contributed by atoms with Crippen LogP contribution in [0.15, 0.2) is 27.8 Å². The summed E-state index contributed by atoms with van der Waals surface area (Å²) < 4.78 is 0.787. The van der Waals surface area contributed by atoms with Crippen molar-refractivity contribution >= 4 is 28.1 Å². The molecule has 0 aliphatic heterocycles. The number of primary amides is 1. The normalized spacial score (nSPS) is 10.6. The number of nitrogens with two attached hydrogens (primary N) is 1. The van der Waals surface area contributed by atoms with Crippen molar-refractivity contribution in [3.63, 3.8) is 0 Å². The molecule has 0 aliphatic rings. The van der Waals surface area contributed by atoms with Gasteiger partial charge in [0.05, 0.1) is 0 Å². The van der Waals surface area contributed by atoms with Gasteiger partial charge in [-0.2, -0.15) is 0 Å². The molecule has 5 heteroatoms. The lowest BCUT2D eigenvalue weighted by atomic mass is 10.1. The van der Waals surface area contributed by atoms with Crippen LogP contribution in [0.3, 0.4) is 0 Å². The molecule has 0 saturated carbocycles. The first-order chi connectivity index (χ1) is 7.66. The van der Waals surface area contributed by atoms with Crippen LogP contribution in [0, 0.1) is 0 Å². The van der Waals surface area contributed by atoms with Crippen molar-refractivity contribution < 1.29 is 9.63 Å². The Kier molecular flexibility index (Phi) is 4.98. The van der Waals surface area contributed by atoms with Crippen LogP contribution in [0.2, 0.25) is 0 Å². The minimum absolute atomic E-state index is 0.218. The van der Waals surface area contributed by atoms with Crippen LogP contribution < -0.4 is 5.73 Å². The molecule has 16 heavy (non-hydrogen) atoms. The third-order valence-corrected chi connectivity index (χ3v) is 2.67. The summed E-state index contributed by atoms with van der Waals surface area (Å²) in [5.74, 6) is -0.473. The second-order valence-electron chi connectivity index (χ2n) is 3.10. The molecule has 1 rings (SSSR count). The molecule has 1 amide bonds. The zero-order chi connectivity index (χ0) is 12.0. The molecule has 0 fully saturated rings. The van der Waals surface area contributed by atoms with E-state index in [4.69, 9.17) is 10.6 Å². The topological polar surface area (TPSA) is 64.7 Å². The number of carbonyl (C=O) groups is 1. The van der Waals surface area contributed by atoms with E-state index in [1.54, 1.807) is 18.3 Å². The first kappa shape index (κ1) is 12.7. The number of carbonyl (C=O) groups excluding carboxylic acids is 1. The number of amides is 1. The van der Waals surface area contributed by atoms with Gasteiger partial charge in [-0.15, -0.1) is 0 Å². The molecule has 0 heterocycles. The Morgan fingerprint density at radius 3 is 3.00 bits per heavy atom. The number of benzene rings is 1. The Hall–Kier alpha value is -1.36. The molecule has 0 bridgehead atoms. The molecule has 0 aromatic heterocycles. The fourth-order valence-corrected chi connectivity index (χ4v) is 1.65. The summed E-state index contributed by atoms with van der Waals surface area (Å²) in [4.78, 5) is 16.2. The van der Waals surface area contributed by atoms with E-state index in [1.807, 2.05) is 13.0 Å². The summed E-state index contributed by atoms with van der Waals surface area (Å²) >= 11 is 3.34. The van der Waals surface area contributed by atoms with E-state index in [-0.39, 0.29) is 6.61 Å². The first-order valence-corrected chi connectivity index (χ1v) is 5.67. The Balaban J connectivity index is 2.84. The van der Waals surface area contributed by atoms with Crippen molar-refractivity contribution in [2.45, 2.75) is 20.0 Å². The molecule has 2 N–H and O–H groups in total. The molecule has 4 nitrogen and oxygen atoms in total. The molecule has 0 atom stereocenters. The van der Waals surface area contributed by atoms with E-state index in [9.17, 15) is 4.79 Å². The third-order valence-electron chi connectivity index (χ3n) is 1.92. The van der Waals surface area contributed by atoms with E-state index in [2.05, 4.69) is 21.1 Å². The molecule has 0 radical (unpaired) electrons. The van der Waals surface area contributed by atoms with Crippen molar-refractivity contribution in [3.8, 4) is 0 Å². The average Bonchev–Trinajstić information content (AvgIpc) is 2.25. The van der Waals surface area contributed by atoms with Gasteiger partial charge < -0.3 is 10.6 Å². The van der Waals surface area contributed by atoms with Gasteiger partial charge in [0.15, 0.2) is 0 Å². The Morgan fingerprint density at radius 2 is 2.38 bits per heavy atom. The first-order valence-electron chi connectivity index (χ1n) is 4.87. The predicted molar refractivity (Wildman–Crippen MR) is 66.2 cm³/mol. The van der Waals surface area contributed by atoms with Gasteiger partial charge in [-0.3, -0.25) is 4.79 Å².